The Kier molecular flexibility index (Phi) is 10.6. The zero-order chi connectivity index (χ0) is 18.1. The number of aliphatic imine (C=N–C) groups is 1. The Labute approximate surface area is 175 Å². The van der Waals surface area contributed by atoms with Crippen molar-refractivity contribution in [2.75, 3.05) is 20.6 Å². The normalized spacial score (nSPS) is 15.9. The summed E-state index contributed by atoms with van der Waals surface area (Å²) >= 11 is 0. The standard InChI is InChI=1S/C20H32N4O.HI/c1-16(13-14-17-9-5-4-6-10-17)22-20(21-15-19(25)24(2)3)23-18-11-7-8-12-18;/h4-6,9-10,16,18H,7-8,11-15H2,1-3H3,(H2,21,22,23);1H. The fourth-order valence-corrected chi connectivity index (χ4v) is 3.02. The van der Waals surface area contributed by atoms with Crippen LogP contribution in [0.2, 0.25) is 0 Å². The number of benzene rings is 1. The van der Waals surface area contributed by atoms with Crippen LogP contribution in [0.3, 0.4) is 0 Å². The molecule has 2 rings (SSSR count). The molecule has 0 spiro atoms. The molecule has 1 aromatic rings. The number of rotatable bonds is 7. The lowest BCUT2D eigenvalue weighted by Gasteiger charge is -2.21. The number of hydrogen-bond donors (Lipinski definition) is 2. The lowest BCUT2D eigenvalue weighted by atomic mass is 10.1. The average molecular weight is 472 g/mol. The van der Waals surface area contributed by atoms with Crippen LogP contribution in [0, 0.1) is 0 Å². The quantitative estimate of drug-likeness (QED) is 0.364. The number of nitrogens with zero attached hydrogens (tertiary/aromatic N) is 2. The number of carbonyl (C=O) groups is 1. The number of amides is 1. The van der Waals surface area contributed by atoms with Crippen LogP contribution in [0.25, 0.3) is 0 Å². The second kappa shape index (κ2) is 12.1. The molecule has 1 amide bonds. The highest BCUT2D eigenvalue weighted by Gasteiger charge is 2.17. The van der Waals surface area contributed by atoms with Crippen molar-refractivity contribution in [1.29, 1.82) is 0 Å². The van der Waals surface area contributed by atoms with Crippen LogP contribution >= 0.6 is 24.0 Å². The van der Waals surface area contributed by atoms with Gasteiger partial charge >= 0.3 is 0 Å². The van der Waals surface area contributed by atoms with Gasteiger partial charge < -0.3 is 15.5 Å². The summed E-state index contributed by atoms with van der Waals surface area (Å²) < 4.78 is 0. The summed E-state index contributed by atoms with van der Waals surface area (Å²) in [6.45, 7) is 2.35. The predicted octanol–water partition coefficient (Wildman–Crippen LogP) is 3.19. The van der Waals surface area contributed by atoms with Gasteiger partial charge in [0.2, 0.25) is 5.91 Å². The Balaban J connectivity index is 0.00000338. The highest BCUT2D eigenvalue weighted by Crippen LogP contribution is 2.17. The van der Waals surface area contributed by atoms with Crippen LogP contribution < -0.4 is 10.6 Å². The second-order valence-electron chi connectivity index (χ2n) is 7.15. The van der Waals surface area contributed by atoms with E-state index in [0.29, 0.717) is 12.1 Å². The zero-order valence-electron chi connectivity index (χ0n) is 16.2. The highest BCUT2D eigenvalue weighted by molar-refractivity contribution is 14.0. The van der Waals surface area contributed by atoms with Crippen molar-refractivity contribution in [3.63, 3.8) is 0 Å². The van der Waals surface area contributed by atoms with Crippen molar-refractivity contribution < 1.29 is 4.79 Å². The molecule has 0 heterocycles. The van der Waals surface area contributed by atoms with E-state index >= 15 is 0 Å². The van der Waals surface area contributed by atoms with Gasteiger partial charge in [-0.15, -0.1) is 24.0 Å². The van der Waals surface area contributed by atoms with Crippen molar-refractivity contribution in [2.45, 2.75) is 57.5 Å². The molecule has 0 aromatic heterocycles. The zero-order valence-corrected chi connectivity index (χ0v) is 18.5. The molecule has 0 aliphatic heterocycles. The fourth-order valence-electron chi connectivity index (χ4n) is 3.02. The minimum absolute atomic E-state index is 0. The smallest absolute Gasteiger partial charge is 0.243 e. The summed E-state index contributed by atoms with van der Waals surface area (Å²) in [5.41, 5.74) is 1.35. The Morgan fingerprint density at radius 2 is 1.88 bits per heavy atom. The maximum atomic E-state index is 11.8. The molecular formula is C20H33IN4O. The number of halogens is 1. The summed E-state index contributed by atoms with van der Waals surface area (Å²) in [4.78, 5) is 17.9. The van der Waals surface area contributed by atoms with E-state index in [9.17, 15) is 4.79 Å². The van der Waals surface area contributed by atoms with Gasteiger partial charge in [-0.3, -0.25) is 4.79 Å². The average Bonchev–Trinajstić information content (AvgIpc) is 3.11. The first kappa shape index (κ1) is 22.7. The first-order valence-corrected chi connectivity index (χ1v) is 9.36. The van der Waals surface area contributed by atoms with Gasteiger partial charge in [-0.1, -0.05) is 43.2 Å². The maximum absolute atomic E-state index is 11.8. The Hall–Kier alpha value is -1.31. The Morgan fingerprint density at radius 1 is 1.23 bits per heavy atom. The molecule has 1 fully saturated rings. The first-order valence-electron chi connectivity index (χ1n) is 9.36. The van der Waals surface area contributed by atoms with E-state index in [1.807, 2.05) is 6.07 Å². The summed E-state index contributed by atoms with van der Waals surface area (Å²) in [5.74, 6) is 0.784. The minimum Gasteiger partial charge on any atom is -0.354 e. The number of aryl methyl sites for hydroxylation is 1. The van der Waals surface area contributed by atoms with E-state index in [1.54, 1.807) is 19.0 Å². The number of guanidine groups is 1. The predicted molar refractivity (Wildman–Crippen MR) is 119 cm³/mol. The van der Waals surface area contributed by atoms with Crippen molar-refractivity contribution >= 4 is 35.8 Å². The Bertz CT molecular complexity index is 556. The second-order valence-corrected chi connectivity index (χ2v) is 7.15. The lowest BCUT2D eigenvalue weighted by Crippen LogP contribution is -2.46. The fraction of sp³-hybridized carbons (Fsp3) is 0.600. The van der Waals surface area contributed by atoms with E-state index in [2.05, 4.69) is 46.8 Å². The number of likely N-dealkylation sites (N-methyl/N-ethyl adjacent to an activating group) is 1. The van der Waals surface area contributed by atoms with E-state index in [0.717, 1.165) is 18.8 Å². The largest absolute Gasteiger partial charge is 0.354 e. The van der Waals surface area contributed by atoms with Crippen molar-refractivity contribution in [3.8, 4) is 0 Å². The van der Waals surface area contributed by atoms with Crippen LogP contribution in [0.1, 0.15) is 44.6 Å². The lowest BCUT2D eigenvalue weighted by molar-refractivity contribution is -0.127. The molecular weight excluding hydrogens is 439 g/mol. The SMILES string of the molecule is CC(CCc1ccccc1)NC(=NCC(=O)N(C)C)NC1CCCC1.I. The molecule has 0 bridgehead atoms. The third-order valence-electron chi connectivity index (χ3n) is 4.66. The van der Waals surface area contributed by atoms with Crippen LogP contribution in [0.5, 0.6) is 0 Å². The molecule has 1 aliphatic rings. The Morgan fingerprint density at radius 3 is 2.50 bits per heavy atom. The molecule has 6 heteroatoms. The van der Waals surface area contributed by atoms with Crippen LogP contribution in [0.4, 0.5) is 0 Å². The van der Waals surface area contributed by atoms with Gasteiger partial charge in [0.1, 0.15) is 6.54 Å². The van der Waals surface area contributed by atoms with Gasteiger partial charge in [-0.2, -0.15) is 0 Å². The molecule has 26 heavy (non-hydrogen) atoms. The molecule has 0 saturated heterocycles. The number of hydrogen-bond acceptors (Lipinski definition) is 2. The van der Waals surface area contributed by atoms with Crippen molar-refractivity contribution in [1.82, 2.24) is 15.5 Å². The van der Waals surface area contributed by atoms with Gasteiger partial charge in [0.25, 0.3) is 0 Å². The summed E-state index contributed by atoms with van der Waals surface area (Å²) in [7, 11) is 3.52. The van der Waals surface area contributed by atoms with E-state index in [1.165, 1.54) is 31.2 Å². The molecule has 2 N–H and O–H groups in total. The maximum Gasteiger partial charge on any atom is 0.243 e. The van der Waals surface area contributed by atoms with Gasteiger partial charge in [-0.25, -0.2) is 4.99 Å². The molecule has 1 unspecified atom stereocenters. The molecule has 1 aliphatic carbocycles. The van der Waals surface area contributed by atoms with Gasteiger partial charge in [0.15, 0.2) is 5.96 Å². The van der Waals surface area contributed by atoms with E-state index in [-0.39, 0.29) is 36.4 Å². The third-order valence-corrected chi connectivity index (χ3v) is 4.66. The van der Waals surface area contributed by atoms with Gasteiger partial charge in [0.05, 0.1) is 0 Å². The van der Waals surface area contributed by atoms with Crippen molar-refractivity contribution in [2.24, 2.45) is 4.99 Å². The monoisotopic (exact) mass is 472 g/mol. The topological polar surface area (TPSA) is 56.7 Å². The van der Waals surface area contributed by atoms with Crippen LogP contribution in [0.15, 0.2) is 35.3 Å². The summed E-state index contributed by atoms with van der Waals surface area (Å²) in [6.07, 6.45) is 6.96. The number of nitrogens with one attached hydrogen (secondary N) is 2. The minimum atomic E-state index is 0. The summed E-state index contributed by atoms with van der Waals surface area (Å²) in [6, 6.07) is 11.3. The number of carbonyl (C=O) groups excluding carboxylic acids is 1. The molecule has 5 nitrogen and oxygen atoms in total. The van der Waals surface area contributed by atoms with E-state index in [4.69, 9.17) is 0 Å². The highest BCUT2D eigenvalue weighted by atomic mass is 127. The van der Waals surface area contributed by atoms with Crippen LogP contribution in [-0.4, -0.2) is 49.5 Å². The first-order chi connectivity index (χ1) is 12.0. The third kappa shape index (κ3) is 8.38. The van der Waals surface area contributed by atoms with Crippen LogP contribution in [-0.2, 0) is 11.2 Å². The molecule has 1 aromatic carbocycles. The van der Waals surface area contributed by atoms with Gasteiger partial charge in [0, 0.05) is 26.2 Å². The summed E-state index contributed by atoms with van der Waals surface area (Å²) in [5, 5.41) is 6.98. The van der Waals surface area contributed by atoms with E-state index < -0.39 is 0 Å². The van der Waals surface area contributed by atoms with Crippen molar-refractivity contribution in [3.05, 3.63) is 35.9 Å². The molecule has 146 valence electrons. The van der Waals surface area contributed by atoms with Gasteiger partial charge in [-0.05, 0) is 38.2 Å². The molecule has 1 atom stereocenters. The molecule has 1 saturated carbocycles. The molecule has 0 radical (unpaired) electrons.